The molecular formula is C10H8BrNO2. The molecule has 1 aromatic carbocycles. The number of esters is 1. The van der Waals surface area contributed by atoms with Crippen LogP contribution in [0.2, 0.25) is 0 Å². The summed E-state index contributed by atoms with van der Waals surface area (Å²) in [4.78, 5) is 14.2. The van der Waals surface area contributed by atoms with Gasteiger partial charge < -0.3 is 4.74 Å². The zero-order chi connectivity index (χ0) is 10.6. The molecule has 1 aromatic rings. The average molecular weight is 254 g/mol. The third-order valence-electron chi connectivity index (χ3n) is 1.71. The summed E-state index contributed by atoms with van der Waals surface area (Å²) in [6.07, 6.45) is 0.230. The van der Waals surface area contributed by atoms with Crippen molar-refractivity contribution in [3.05, 3.63) is 39.7 Å². The highest BCUT2D eigenvalue weighted by Gasteiger charge is 2.05. The quantitative estimate of drug-likeness (QED) is 0.600. The summed E-state index contributed by atoms with van der Waals surface area (Å²) >= 11 is 3.25. The van der Waals surface area contributed by atoms with Crippen LogP contribution >= 0.6 is 15.9 Å². The molecule has 0 saturated carbocycles. The molecule has 0 N–H and O–H groups in total. The monoisotopic (exact) mass is 253 g/mol. The molecule has 0 amide bonds. The molecule has 0 aliphatic heterocycles. The van der Waals surface area contributed by atoms with E-state index in [1.54, 1.807) is 18.2 Å². The van der Waals surface area contributed by atoms with Gasteiger partial charge in [0, 0.05) is 4.47 Å². The van der Waals surface area contributed by atoms with Gasteiger partial charge >= 0.3 is 5.97 Å². The summed E-state index contributed by atoms with van der Waals surface area (Å²) in [5.74, 6) is -0.285. The van der Waals surface area contributed by atoms with Crippen molar-refractivity contribution in [3.63, 3.8) is 0 Å². The number of halogens is 1. The minimum atomic E-state index is -0.285. The lowest BCUT2D eigenvalue weighted by molar-refractivity contribution is -0.139. The number of hydrogen-bond donors (Lipinski definition) is 0. The molecule has 0 aliphatic carbocycles. The van der Waals surface area contributed by atoms with Gasteiger partial charge in [0.25, 0.3) is 0 Å². The zero-order valence-corrected chi connectivity index (χ0v) is 9.17. The van der Waals surface area contributed by atoms with Crippen LogP contribution in [0.15, 0.2) is 22.7 Å². The molecule has 0 spiro atoms. The molecule has 1 rings (SSSR count). The van der Waals surface area contributed by atoms with E-state index in [-0.39, 0.29) is 12.4 Å². The third kappa shape index (κ3) is 2.57. The van der Waals surface area contributed by atoms with Crippen LogP contribution in [0.5, 0.6) is 0 Å². The minimum Gasteiger partial charge on any atom is -0.469 e. The largest absolute Gasteiger partial charge is 0.469 e. The van der Waals surface area contributed by atoms with E-state index in [1.165, 1.54) is 7.11 Å². The molecule has 0 unspecified atom stereocenters. The van der Waals surface area contributed by atoms with Gasteiger partial charge in [0.2, 0.25) is 5.69 Å². The molecule has 0 aliphatic rings. The molecule has 3 nitrogen and oxygen atoms in total. The van der Waals surface area contributed by atoms with Crippen molar-refractivity contribution in [1.29, 1.82) is 0 Å². The standard InChI is InChI=1S/C10H8BrNO2/c1-12-9-4-3-7(5-8(9)11)6-10(13)14-2/h3-5H,6H2,2H3. The first-order valence-corrected chi connectivity index (χ1v) is 4.69. The lowest BCUT2D eigenvalue weighted by Crippen LogP contribution is -2.04. The maximum atomic E-state index is 10.9. The van der Waals surface area contributed by atoms with Crippen molar-refractivity contribution in [3.8, 4) is 0 Å². The molecule has 0 aromatic heterocycles. The van der Waals surface area contributed by atoms with Gasteiger partial charge in [-0.15, -0.1) is 0 Å². The van der Waals surface area contributed by atoms with Gasteiger partial charge in [-0.1, -0.05) is 34.1 Å². The van der Waals surface area contributed by atoms with E-state index in [0.29, 0.717) is 10.2 Å². The normalized spacial score (nSPS) is 9.21. The van der Waals surface area contributed by atoms with Crippen molar-refractivity contribution in [2.45, 2.75) is 6.42 Å². The predicted molar refractivity (Wildman–Crippen MR) is 56.1 cm³/mol. The van der Waals surface area contributed by atoms with E-state index in [4.69, 9.17) is 6.57 Å². The van der Waals surface area contributed by atoms with Gasteiger partial charge in [-0.2, -0.15) is 0 Å². The third-order valence-corrected chi connectivity index (χ3v) is 2.34. The first-order chi connectivity index (χ1) is 6.67. The van der Waals surface area contributed by atoms with Crippen molar-refractivity contribution in [2.24, 2.45) is 0 Å². The molecule has 0 heterocycles. The van der Waals surface area contributed by atoms with E-state index < -0.39 is 0 Å². The molecule has 72 valence electrons. The Morgan fingerprint density at radius 2 is 2.36 bits per heavy atom. The van der Waals surface area contributed by atoms with Gasteiger partial charge in [0.1, 0.15) is 0 Å². The first kappa shape index (κ1) is 10.7. The molecule has 0 fully saturated rings. The van der Waals surface area contributed by atoms with Crippen LogP contribution < -0.4 is 0 Å². The van der Waals surface area contributed by atoms with Crippen molar-refractivity contribution in [2.75, 3.05) is 7.11 Å². The fourth-order valence-electron chi connectivity index (χ4n) is 0.990. The van der Waals surface area contributed by atoms with E-state index in [1.807, 2.05) is 0 Å². The van der Waals surface area contributed by atoms with Gasteiger partial charge in [-0.05, 0) is 5.56 Å². The van der Waals surface area contributed by atoms with Gasteiger partial charge in [0.15, 0.2) is 0 Å². The summed E-state index contributed by atoms with van der Waals surface area (Å²) < 4.78 is 5.24. The Balaban J connectivity index is 2.88. The summed E-state index contributed by atoms with van der Waals surface area (Å²) in [5.41, 5.74) is 1.37. The Bertz CT molecular complexity index is 396. The van der Waals surface area contributed by atoms with E-state index in [9.17, 15) is 4.79 Å². The van der Waals surface area contributed by atoms with Crippen LogP contribution in [0.1, 0.15) is 5.56 Å². The summed E-state index contributed by atoms with van der Waals surface area (Å²) in [6.45, 7) is 6.84. The number of ether oxygens (including phenoxy) is 1. The SMILES string of the molecule is [C-]#[N+]c1ccc(CC(=O)OC)cc1Br. The number of rotatable bonds is 2. The van der Waals surface area contributed by atoms with E-state index in [2.05, 4.69) is 25.5 Å². The maximum Gasteiger partial charge on any atom is 0.309 e. The van der Waals surface area contributed by atoms with Crippen molar-refractivity contribution >= 4 is 27.6 Å². The van der Waals surface area contributed by atoms with Crippen LogP contribution in [-0.2, 0) is 16.0 Å². The van der Waals surface area contributed by atoms with E-state index >= 15 is 0 Å². The first-order valence-electron chi connectivity index (χ1n) is 3.90. The number of nitrogens with zero attached hydrogens (tertiary/aromatic N) is 1. The van der Waals surface area contributed by atoms with Crippen molar-refractivity contribution in [1.82, 2.24) is 0 Å². The van der Waals surface area contributed by atoms with Crippen LogP contribution in [0.3, 0.4) is 0 Å². The second-order valence-electron chi connectivity index (χ2n) is 2.65. The molecule has 4 heteroatoms. The van der Waals surface area contributed by atoms with Crippen molar-refractivity contribution < 1.29 is 9.53 Å². The van der Waals surface area contributed by atoms with Crippen LogP contribution in [-0.4, -0.2) is 13.1 Å². The summed E-state index contributed by atoms with van der Waals surface area (Å²) in [7, 11) is 1.35. The molecule has 0 atom stereocenters. The molecular weight excluding hydrogens is 246 g/mol. The van der Waals surface area contributed by atoms with Gasteiger partial charge in [-0.25, -0.2) is 4.85 Å². The topological polar surface area (TPSA) is 30.7 Å². The van der Waals surface area contributed by atoms with Gasteiger partial charge in [-0.3, -0.25) is 4.79 Å². The minimum absolute atomic E-state index is 0.230. The lowest BCUT2D eigenvalue weighted by atomic mass is 10.1. The van der Waals surface area contributed by atoms with Crippen LogP contribution in [0.4, 0.5) is 5.69 Å². The fraction of sp³-hybridized carbons (Fsp3) is 0.200. The number of methoxy groups -OCH3 is 1. The van der Waals surface area contributed by atoms with Gasteiger partial charge in [0.05, 0.1) is 20.1 Å². The Hall–Kier alpha value is -1.34. The second-order valence-corrected chi connectivity index (χ2v) is 3.50. The molecule has 0 saturated heterocycles. The number of hydrogen-bond acceptors (Lipinski definition) is 2. The fourth-order valence-corrected chi connectivity index (χ4v) is 1.50. The molecule has 0 bridgehead atoms. The lowest BCUT2D eigenvalue weighted by Gasteiger charge is -2.01. The average Bonchev–Trinajstić information content (AvgIpc) is 2.18. The smallest absolute Gasteiger partial charge is 0.309 e. The molecule has 0 radical (unpaired) electrons. The van der Waals surface area contributed by atoms with Crippen LogP contribution in [0.25, 0.3) is 4.85 Å². The Labute approximate surface area is 90.6 Å². The predicted octanol–water partition coefficient (Wildman–Crippen LogP) is 2.72. The highest BCUT2D eigenvalue weighted by atomic mass is 79.9. The highest BCUT2D eigenvalue weighted by molar-refractivity contribution is 9.10. The number of carbonyl (C=O) groups is 1. The second kappa shape index (κ2) is 4.77. The number of carbonyl (C=O) groups excluding carboxylic acids is 1. The Morgan fingerprint density at radius 1 is 1.64 bits per heavy atom. The summed E-state index contributed by atoms with van der Waals surface area (Å²) in [5, 5.41) is 0. The molecule has 14 heavy (non-hydrogen) atoms. The Morgan fingerprint density at radius 3 is 2.86 bits per heavy atom. The highest BCUT2D eigenvalue weighted by Crippen LogP contribution is 2.26. The Kier molecular flexibility index (Phi) is 3.66. The van der Waals surface area contributed by atoms with Crippen LogP contribution in [0, 0.1) is 6.57 Å². The maximum absolute atomic E-state index is 10.9. The number of benzene rings is 1. The summed E-state index contributed by atoms with van der Waals surface area (Å²) in [6, 6.07) is 5.18. The zero-order valence-electron chi connectivity index (χ0n) is 7.58. The van der Waals surface area contributed by atoms with E-state index in [0.717, 1.165) is 5.56 Å².